The Hall–Kier alpha value is -3.59. The van der Waals surface area contributed by atoms with E-state index in [1.54, 1.807) is 0 Å². The molecular weight excluding hydrogens is 1050 g/mol. The van der Waals surface area contributed by atoms with E-state index in [1.165, 1.54) is 103 Å². The number of nitrogens with zero attached hydrogens (tertiary/aromatic N) is 1. The first-order chi connectivity index (χ1) is 40.4. The van der Waals surface area contributed by atoms with Gasteiger partial charge in [-0.15, -0.1) is 0 Å². The van der Waals surface area contributed by atoms with Crippen molar-refractivity contribution >= 4 is 19.7 Å². The van der Waals surface area contributed by atoms with Crippen molar-refractivity contribution in [1.82, 2.24) is 5.32 Å². The van der Waals surface area contributed by atoms with Gasteiger partial charge in [-0.05, 0) is 122 Å². The van der Waals surface area contributed by atoms with Gasteiger partial charge >= 0.3 is 13.8 Å². The number of hydrogen-bond acceptors (Lipinski definition) is 6. The molecule has 0 aromatic heterocycles. The van der Waals surface area contributed by atoms with Crippen molar-refractivity contribution in [3.63, 3.8) is 0 Å². The summed E-state index contributed by atoms with van der Waals surface area (Å²) >= 11 is 0. The van der Waals surface area contributed by atoms with E-state index in [0.29, 0.717) is 17.4 Å². The van der Waals surface area contributed by atoms with Crippen LogP contribution in [0.1, 0.15) is 278 Å². The predicted molar refractivity (Wildman–Crippen MR) is 360 cm³/mol. The lowest BCUT2D eigenvalue weighted by atomic mass is 10.1. The number of phosphoric ester groups is 1. The number of quaternary nitrogens is 1. The maximum Gasteiger partial charge on any atom is 0.472 e. The number of nitrogens with one attached hydrogen (secondary N) is 1. The van der Waals surface area contributed by atoms with E-state index < -0.39 is 20.0 Å². The van der Waals surface area contributed by atoms with Gasteiger partial charge in [0.15, 0.2) is 0 Å². The summed E-state index contributed by atoms with van der Waals surface area (Å²) < 4.78 is 30.7. The fourth-order valence-electron chi connectivity index (χ4n) is 9.19. The van der Waals surface area contributed by atoms with E-state index in [-0.39, 0.29) is 31.5 Å². The van der Waals surface area contributed by atoms with E-state index >= 15 is 0 Å². The molecule has 2 N–H and O–H groups in total. The Bertz CT molecular complexity index is 1830. The number of likely N-dealkylation sites (N-methyl/N-ethyl adjacent to an activating group) is 1. The fraction of sp³-hybridized carbons (Fsp3) is 0.699. The van der Waals surface area contributed by atoms with Crippen LogP contribution in [-0.2, 0) is 27.9 Å². The minimum Gasteiger partial charge on any atom is -0.456 e. The van der Waals surface area contributed by atoms with Gasteiger partial charge in [-0.1, -0.05) is 265 Å². The Morgan fingerprint density at radius 3 is 1.18 bits per heavy atom. The van der Waals surface area contributed by atoms with Crippen LogP contribution in [-0.4, -0.2) is 74.3 Å². The molecule has 3 unspecified atom stereocenters. The van der Waals surface area contributed by atoms with E-state index in [0.717, 1.165) is 141 Å². The van der Waals surface area contributed by atoms with Crippen LogP contribution >= 0.6 is 7.82 Å². The van der Waals surface area contributed by atoms with Gasteiger partial charge in [-0.3, -0.25) is 18.6 Å². The van der Waals surface area contributed by atoms with Gasteiger partial charge in [0.25, 0.3) is 0 Å². The van der Waals surface area contributed by atoms with E-state index in [1.807, 2.05) is 33.3 Å². The summed E-state index contributed by atoms with van der Waals surface area (Å²) in [5.74, 6) is -0.539. The highest BCUT2D eigenvalue weighted by molar-refractivity contribution is 7.47. The van der Waals surface area contributed by atoms with Crippen molar-refractivity contribution in [3.05, 3.63) is 122 Å². The zero-order valence-corrected chi connectivity index (χ0v) is 55.3. The predicted octanol–water partition coefficient (Wildman–Crippen LogP) is 21.4. The molecule has 9 nitrogen and oxygen atoms in total. The highest BCUT2D eigenvalue weighted by Crippen LogP contribution is 2.43. The molecule has 0 radical (unpaired) electrons. The molecule has 10 heteroatoms. The van der Waals surface area contributed by atoms with Crippen molar-refractivity contribution in [2.45, 2.75) is 290 Å². The molecule has 0 saturated heterocycles. The van der Waals surface area contributed by atoms with Crippen molar-refractivity contribution in [2.24, 2.45) is 0 Å². The minimum atomic E-state index is -4.47. The molecule has 0 spiro atoms. The molecule has 0 aliphatic heterocycles. The Morgan fingerprint density at radius 1 is 0.434 bits per heavy atom. The standard InChI is InChI=1S/C73H127N2O7P/c1-7-10-13-16-19-22-25-27-29-31-33-35-36-37-38-40-42-44-46-48-51-54-57-60-63-66-73(77)82-71(64-61-58-55-52-49-24-21-18-15-12-9-3)70(69-81-83(78,79)80-68-67-75(4,5)6)74-72(76)65-62-59-56-53-50-47-45-43-41-39-34-32-30-28-26-23-20-17-14-11-8-2/h11,14,19-20,22-23,27-30,33-35,37-39,43,45,61,64,70-71H,7-10,12-13,15-18,21,24-26,31-32,36,40-42,44,46-60,62-63,65-69H2,1-6H3,(H-,74,76,78,79)/p+1/b14-11-,22-19-,23-20-,29-27-,30-28-,35-33-,38-37-,39-34-,45-43-,64-61+. The summed E-state index contributed by atoms with van der Waals surface area (Å²) in [5.41, 5.74) is 0. The number of carbonyl (C=O) groups excluding carboxylic acids is 2. The molecule has 0 fully saturated rings. The van der Waals surface area contributed by atoms with Gasteiger partial charge in [0, 0.05) is 12.8 Å². The third-order valence-corrected chi connectivity index (χ3v) is 15.4. The van der Waals surface area contributed by atoms with Crippen molar-refractivity contribution in [1.29, 1.82) is 0 Å². The molecule has 476 valence electrons. The van der Waals surface area contributed by atoms with E-state index in [9.17, 15) is 19.0 Å². The quantitative estimate of drug-likeness (QED) is 0.0205. The minimum absolute atomic E-state index is 0.0288. The Kier molecular flexibility index (Phi) is 58.8. The van der Waals surface area contributed by atoms with Crippen molar-refractivity contribution in [3.8, 4) is 0 Å². The molecular formula is C73H128N2O7P+. The van der Waals surface area contributed by atoms with Crippen LogP contribution in [0.2, 0.25) is 0 Å². The maximum atomic E-state index is 13.6. The molecule has 0 rings (SSSR count). The number of phosphoric acid groups is 1. The first-order valence-corrected chi connectivity index (χ1v) is 35.4. The molecule has 0 aliphatic carbocycles. The lowest BCUT2D eigenvalue weighted by Gasteiger charge is -2.27. The second-order valence-corrected chi connectivity index (χ2v) is 25.1. The van der Waals surface area contributed by atoms with E-state index in [2.05, 4.69) is 135 Å². The first kappa shape index (κ1) is 79.4. The van der Waals surface area contributed by atoms with Crippen LogP contribution in [0.5, 0.6) is 0 Å². The molecule has 3 atom stereocenters. The Morgan fingerprint density at radius 2 is 0.771 bits per heavy atom. The largest absolute Gasteiger partial charge is 0.472 e. The second kappa shape index (κ2) is 61.5. The summed E-state index contributed by atoms with van der Waals surface area (Å²) in [6.45, 7) is 6.84. The zero-order chi connectivity index (χ0) is 60.7. The molecule has 0 heterocycles. The van der Waals surface area contributed by atoms with Crippen LogP contribution < -0.4 is 5.32 Å². The topological polar surface area (TPSA) is 111 Å². The molecule has 0 bridgehead atoms. The number of hydrogen-bond donors (Lipinski definition) is 2. The molecule has 1 amide bonds. The van der Waals surface area contributed by atoms with Gasteiger partial charge in [0.05, 0.1) is 33.8 Å². The smallest absolute Gasteiger partial charge is 0.456 e. The lowest BCUT2D eigenvalue weighted by molar-refractivity contribution is -0.870. The van der Waals surface area contributed by atoms with Gasteiger partial charge in [-0.2, -0.15) is 0 Å². The van der Waals surface area contributed by atoms with Gasteiger partial charge in [-0.25, -0.2) is 4.57 Å². The van der Waals surface area contributed by atoms with Gasteiger partial charge < -0.3 is 19.4 Å². The second-order valence-electron chi connectivity index (χ2n) is 23.6. The Labute approximate surface area is 512 Å². The normalized spacial score (nSPS) is 14.3. The molecule has 0 saturated carbocycles. The molecule has 83 heavy (non-hydrogen) atoms. The molecule has 0 aromatic carbocycles. The first-order valence-electron chi connectivity index (χ1n) is 33.9. The fourth-order valence-corrected chi connectivity index (χ4v) is 9.92. The highest BCUT2D eigenvalue weighted by Gasteiger charge is 2.30. The third kappa shape index (κ3) is 62.8. The summed E-state index contributed by atoms with van der Waals surface area (Å²) in [5, 5.41) is 3.05. The summed E-state index contributed by atoms with van der Waals surface area (Å²) in [6.07, 6.45) is 86.3. The van der Waals surface area contributed by atoms with Crippen LogP contribution in [0.15, 0.2) is 122 Å². The highest BCUT2D eigenvalue weighted by atomic mass is 31.2. The van der Waals surface area contributed by atoms with Gasteiger partial charge in [0.1, 0.15) is 19.3 Å². The Balaban J connectivity index is 5.15. The van der Waals surface area contributed by atoms with E-state index in [4.69, 9.17) is 13.8 Å². The summed E-state index contributed by atoms with van der Waals surface area (Å²) in [4.78, 5) is 37.8. The molecule has 0 aliphatic rings. The third-order valence-electron chi connectivity index (χ3n) is 14.4. The zero-order valence-electron chi connectivity index (χ0n) is 54.4. The lowest BCUT2D eigenvalue weighted by Crippen LogP contribution is -2.47. The number of ether oxygens (including phenoxy) is 1. The number of allylic oxidation sites excluding steroid dienone is 19. The number of rotatable bonds is 60. The number of esters is 1. The summed E-state index contributed by atoms with van der Waals surface area (Å²) in [6, 6.07) is -0.870. The number of amides is 1. The summed E-state index contributed by atoms with van der Waals surface area (Å²) in [7, 11) is 1.46. The van der Waals surface area contributed by atoms with Crippen LogP contribution in [0, 0.1) is 0 Å². The average Bonchev–Trinajstić information content (AvgIpc) is 3.51. The average molecular weight is 1180 g/mol. The molecule has 0 aromatic rings. The monoisotopic (exact) mass is 1180 g/mol. The van der Waals surface area contributed by atoms with Crippen LogP contribution in [0.25, 0.3) is 0 Å². The van der Waals surface area contributed by atoms with Crippen molar-refractivity contribution < 1.29 is 37.3 Å². The van der Waals surface area contributed by atoms with Crippen LogP contribution in [0.3, 0.4) is 0 Å². The number of unbranched alkanes of at least 4 members (excludes halogenated alkanes) is 26. The van der Waals surface area contributed by atoms with Crippen LogP contribution in [0.4, 0.5) is 0 Å². The van der Waals surface area contributed by atoms with Crippen molar-refractivity contribution in [2.75, 3.05) is 40.9 Å². The SMILES string of the molecule is CC/C=C\C/C=C\C/C=C\C/C=C\C/C=C\CCCCCCCC(=O)NC(COP(=O)(O)OCC[N+](C)(C)C)C(/C=C/CCCCCCCCCCC)OC(=O)CCCCCCCCCCC/C=C\C/C=C\C/C=C\C/C=C\CCCCC. The maximum absolute atomic E-state index is 13.6. The number of carbonyl (C=O) groups is 2. The van der Waals surface area contributed by atoms with Gasteiger partial charge in [0.2, 0.25) is 5.91 Å².